The van der Waals surface area contributed by atoms with Crippen LogP contribution in [0.15, 0.2) is 0 Å². The summed E-state index contributed by atoms with van der Waals surface area (Å²) < 4.78 is 0. The highest BCUT2D eigenvalue weighted by Gasteiger charge is 2.33. The third-order valence-electron chi connectivity index (χ3n) is 3.16. The summed E-state index contributed by atoms with van der Waals surface area (Å²) in [6.45, 7) is 8.25. The van der Waals surface area contributed by atoms with Gasteiger partial charge in [-0.3, -0.25) is 4.79 Å². The molecule has 0 aliphatic carbocycles. The molecule has 1 unspecified atom stereocenters. The predicted octanol–water partition coefficient (Wildman–Crippen LogP) is 1.24. The van der Waals surface area contributed by atoms with Gasteiger partial charge in [0.15, 0.2) is 0 Å². The zero-order chi connectivity index (χ0) is 10.8. The highest BCUT2D eigenvalue weighted by molar-refractivity contribution is 5.82. The van der Waals surface area contributed by atoms with Crippen molar-refractivity contribution in [1.29, 1.82) is 0 Å². The van der Waals surface area contributed by atoms with Gasteiger partial charge in [0.2, 0.25) is 5.91 Å². The molecule has 0 saturated carbocycles. The lowest BCUT2D eigenvalue weighted by atomic mass is 9.83. The number of likely N-dealkylation sites (tertiary alicyclic amines) is 1. The zero-order valence-corrected chi connectivity index (χ0v) is 9.76. The molecule has 1 amide bonds. The molecule has 1 N–H and O–H groups in total. The summed E-state index contributed by atoms with van der Waals surface area (Å²) in [5.74, 6) is 0.264. The summed E-state index contributed by atoms with van der Waals surface area (Å²) in [6, 6.07) is 0.00690. The second kappa shape index (κ2) is 4.30. The summed E-state index contributed by atoms with van der Waals surface area (Å²) >= 11 is 0. The summed E-state index contributed by atoms with van der Waals surface area (Å²) in [5, 5.41) is 3.12. The minimum Gasteiger partial charge on any atom is -0.342 e. The molecule has 0 aromatic rings. The van der Waals surface area contributed by atoms with Gasteiger partial charge in [0.1, 0.15) is 0 Å². The molecule has 0 radical (unpaired) electrons. The largest absolute Gasteiger partial charge is 0.342 e. The van der Waals surface area contributed by atoms with E-state index in [-0.39, 0.29) is 17.4 Å². The molecule has 1 saturated heterocycles. The van der Waals surface area contributed by atoms with Gasteiger partial charge in [-0.2, -0.15) is 0 Å². The van der Waals surface area contributed by atoms with Crippen LogP contribution >= 0.6 is 0 Å². The van der Waals surface area contributed by atoms with E-state index in [1.54, 1.807) is 0 Å². The lowest BCUT2D eigenvalue weighted by molar-refractivity contribution is -0.132. The molecule has 3 nitrogen and oxygen atoms in total. The van der Waals surface area contributed by atoms with Crippen LogP contribution in [0, 0.1) is 5.41 Å². The molecule has 0 bridgehead atoms. The number of hydrogen-bond donors (Lipinski definition) is 1. The fraction of sp³-hybridized carbons (Fsp3) is 0.909. The van der Waals surface area contributed by atoms with Gasteiger partial charge in [0.05, 0.1) is 6.04 Å². The first-order chi connectivity index (χ1) is 6.50. The van der Waals surface area contributed by atoms with Crippen LogP contribution in [0.5, 0.6) is 0 Å². The van der Waals surface area contributed by atoms with Gasteiger partial charge in [-0.05, 0) is 32.2 Å². The number of hydrogen-bond acceptors (Lipinski definition) is 2. The molecule has 3 heteroatoms. The molecule has 1 rings (SSSR count). The number of carbonyl (C=O) groups excluding carboxylic acids is 1. The molecule has 0 spiro atoms. The second-order valence-corrected chi connectivity index (χ2v) is 4.88. The second-order valence-electron chi connectivity index (χ2n) is 4.88. The van der Waals surface area contributed by atoms with E-state index in [1.165, 1.54) is 0 Å². The van der Waals surface area contributed by atoms with Crippen LogP contribution in [0.2, 0.25) is 0 Å². The molecule has 1 atom stereocenters. The Labute approximate surface area is 86.9 Å². The molecule has 1 heterocycles. The van der Waals surface area contributed by atoms with E-state index in [9.17, 15) is 4.79 Å². The first kappa shape index (κ1) is 11.5. The Kier molecular flexibility index (Phi) is 3.53. The van der Waals surface area contributed by atoms with Crippen molar-refractivity contribution in [2.75, 3.05) is 20.1 Å². The van der Waals surface area contributed by atoms with Crippen molar-refractivity contribution in [1.82, 2.24) is 10.2 Å². The van der Waals surface area contributed by atoms with Crippen LogP contribution in [0.4, 0.5) is 0 Å². The third-order valence-corrected chi connectivity index (χ3v) is 3.16. The average molecular weight is 198 g/mol. The molecule has 0 aromatic carbocycles. The zero-order valence-electron chi connectivity index (χ0n) is 9.76. The maximum absolute atomic E-state index is 12.0. The molecule has 1 aliphatic rings. The van der Waals surface area contributed by atoms with Gasteiger partial charge >= 0.3 is 0 Å². The quantitative estimate of drug-likeness (QED) is 0.724. The SMILES string of the molecule is CCN1CCC(C)(C)CC(NC)C1=O. The molecular weight excluding hydrogens is 176 g/mol. The highest BCUT2D eigenvalue weighted by Crippen LogP contribution is 2.30. The predicted molar refractivity (Wildman–Crippen MR) is 58.1 cm³/mol. The molecular formula is C11H22N2O. The Hall–Kier alpha value is -0.570. The number of likely N-dealkylation sites (N-methyl/N-ethyl adjacent to an activating group) is 2. The molecule has 1 fully saturated rings. The van der Waals surface area contributed by atoms with Crippen LogP contribution < -0.4 is 5.32 Å². The van der Waals surface area contributed by atoms with E-state index in [0.717, 1.165) is 25.9 Å². The Morgan fingerprint density at radius 2 is 2.21 bits per heavy atom. The van der Waals surface area contributed by atoms with Gasteiger partial charge in [-0.25, -0.2) is 0 Å². The minimum absolute atomic E-state index is 0.00690. The van der Waals surface area contributed by atoms with Crippen molar-refractivity contribution in [2.45, 2.75) is 39.7 Å². The maximum Gasteiger partial charge on any atom is 0.239 e. The monoisotopic (exact) mass is 198 g/mol. The minimum atomic E-state index is 0.00690. The molecule has 14 heavy (non-hydrogen) atoms. The van der Waals surface area contributed by atoms with Crippen LogP contribution in [0.3, 0.4) is 0 Å². The number of carbonyl (C=O) groups is 1. The van der Waals surface area contributed by atoms with E-state index in [1.807, 2.05) is 18.9 Å². The third kappa shape index (κ3) is 2.47. The van der Waals surface area contributed by atoms with Gasteiger partial charge in [0.25, 0.3) is 0 Å². The number of nitrogens with zero attached hydrogens (tertiary/aromatic N) is 1. The van der Waals surface area contributed by atoms with E-state index in [0.29, 0.717) is 0 Å². The Balaban J connectivity index is 2.78. The first-order valence-electron chi connectivity index (χ1n) is 5.46. The molecule has 82 valence electrons. The van der Waals surface area contributed by atoms with E-state index in [2.05, 4.69) is 19.2 Å². The Morgan fingerprint density at radius 1 is 1.57 bits per heavy atom. The smallest absolute Gasteiger partial charge is 0.239 e. The fourth-order valence-corrected chi connectivity index (χ4v) is 2.05. The standard InChI is InChI=1S/C11H22N2O/c1-5-13-7-6-11(2,3)8-9(12-4)10(13)14/h9,12H,5-8H2,1-4H3. The van der Waals surface area contributed by atoms with Crippen molar-refractivity contribution in [2.24, 2.45) is 5.41 Å². The van der Waals surface area contributed by atoms with Crippen LogP contribution in [0.25, 0.3) is 0 Å². The van der Waals surface area contributed by atoms with Crippen LogP contribution in [-0.2, 0) is 4.79 Å². The molecule has 0 aromatic heterocycles. The van der Waals surface area contributed by atoms with Crippen LogP contribution in [0.1, 0.15) is 33.6 Å². The summed E-state index contributed by atoms with van der Waals surface area (Å²) in [6.07, 6.45) is 2.05. The van der Waals surface area contributed by atoms with E-state index >= 15 is 0 Å². The normalized spacial score (nSPS) is 27.6. The first-order valence-corrected chi connectivity index (χ1v) is 5.46. The molecule has 1 aliphatic heterocycles. The van der Waals surface area contributed by atoms with Crippen molar-refractivity contribution in [3.63, 3.8) is 0 Å². The lowest BCUT2D eigenvalue weighted by Gasteiger charge is -2.24. The van der Waals surface area contributed by atoms with Crippen molar-refractivity contribution in [3.8, 4) is 0 Å². The lowest BCUT2D eigenvalue weighted by Crippen LogP contribution is -2.44. The number of amides is 1. The van der Waals surface area contributed by atoms with Crippen molar-refractivity contribution >= 4 is 5.91 Å². The summed E-state index contributed by atoms with van der Waals surface area (Å²) in [5.41, 5.74) is 0.271. The topological polar surface area (TPSA) is 32.3 Å². The van der Waals surface area contributed by atoms with Crippen LogP contribution in [-0.4, -0.2) is 37.0 Å². The summed E-state index contributed by atoms with van der Waals surface area (Å²) in [7, 11) is 1.87. The maximum atomic E-state index is 12.0. The Morgan fingerprint density at radius 3 is 2.71 bits per heavy atom. The van der Waals surface area contributed by atoms with Crippen molar-refractivity contribution < 1.29 is 4.79 Å². The van der Waals surface area contributed by atoms with Crippen molar-refractivity contribution in [3.05, 3.63) is 0 Å². The Bertz CT molecular complexity index is 213. The van der Waals surface area contributed by atoms with Gasteiger partial charge in [0, 0.05) is 13.1 Å². The van der Waals surface area contributed by atoms with E-state index < -0.39 is 0 Å². The van der Waals surface area contributed by atoms with Gasteiger partial charge < -0.3 is 10.2 Å². The summed E-state index contributed by atoms with van der Waals surface area (Å²) in [4.78, 5) is 13.9. The number of nitrogens with one attached hydrogen (secondary N) is 1. The fourth-order valence-electron chi connectivity index (χ4n) is 2.05. The average Bonchev–Trinajstić information content (AvgIpc) is 2.24. The van der Waals surface area contributed by atoms with Gasteiger partial charge in [-0.15, -0.1) is 0 Å². The van der Waals surface area contributed by atoms with Gasteiger partial charge in [-0.1, -0.05) is 13.8 Å². The number of rotatable bonds is 2. The highest BCUT2D eigenvalue weighted by atomic mass is 16.2. The van der Waals surface area contributed by atoms with E-state index in [4.69, 9.17) is 0 Å².